The van der Waals surface area contributed by atoms with E-state index in [4.69, 9.17) is 0 Å². The zero-order valence-electron chi connectivity index (χ0n) is 7.25. The summed E-state index contributed by atoms with van der Waals surface area (Å²) >= 11 is -0.567. The Morgan fingerprint density at radius 3 is 2.33 bits per heavy atom. The summed E-state index contributed by atoms with van der Waals surface area (Å²) in [5, 5.41) is 21.8. The molecule has 1 heterocycles. The van der Waals surface area contributed by atoms with Gasteiger partial charge in [0.1, 0.15) is 0 Å². The number of nitrogens with zero attached hydrogens (tertiary/aromatic N) is 2. The molecule has 0 N–H and O–H groups in total. The van der Waals surface area contributed by atoms with Crippen molar-refractivity contribution in [3.8, 4) is 0 Å². The van der Waals surface area contributed by atoms with Gasteiger partial charge in [-0.1, -0.05) is 0 Å². The maximum atomic E-state index is 10.7. The van der Waals surface area contributed by atoms with E-state index in [0.29, 0.717) is 9.65 Å². The van der Waals surface area contributed by atoms with Crippen LogP contribution in [0.25, 0.3) is 9.65 Å². The molecule has 0 unspecified atom stereocenters. The molecule has 2 rings (SSSR count). The van der Waals surface area contributed by atoms with Crippen LogP contribution >= 0.6 is 0 Å². The number of hydrogen-bond donors (Lipinski definition) is 0. The Balaban J connectivity index is 2.86. The van der Waals surface area contributed by atoms with Crippen molar-refractivity contribution in [1.29, 1.82) is 0 Å². The third-order valence-corrected chi connectivity index (χ3v) is 4.23. The number of nitro groups is 2. The molecule has 6 nitrogen and oxygen atoms in total. The van der Waals surface area contributed by atoms with E-state index in [0.717, 1.165) is 0 Å². The number of hydrogen-bond acceptors (Lipinski definition) is 4. The standard InChI is InChI=1S/C8H4N2O4Se/c11-9(12)7-5-3-1-2-4-6(5)15-8(7)10(13)14/h1-4H. The van der Waals surface area contributed by atoms with Gasteiger partial charge in [0.05, 0.1) is 0 Å². The fourth-order valence-electron chi connectivity index (χ4n) is 1.32. The van der Waals surface area contributed by atoms with Gasteiger partial charge in [0, 0.05) is 0 Å². The van der Waals surface area contributed by atoms with Crippen LogP contribution < -0.4 is 0 Å². The molecule has 0 bridgehead atoms. The molecule has 0 atom stereocenters. The van der Waals surface area contributed by atoms with Crippen molar-refractivity contribution in [3.05, 3.63) is 44.5 Å². The zero-order valence-corrected chi connectivity index (χ0v) is 8.96. The van der Waals surface area contributed by atoms with Crippen molar-refractivity contribution in [2.75, 3.05) is 0 Å². The third-order valence-electron chi connectivity index (χ3n) is 1.90. The molecule has 76 valence electrons. The minimum absolute atomic E-state index is 0.270. The summed E-state index contributed by atoms with van der Waals surface area (Å²) < 4.78 is 0.428. The van der Waals surface area contributed by atoms with Gasteiger partial charge in [-0.25, -0.2) is 0 Å². The van der Waals surface area contributed by atoms with E-state index < -0.39 is 24.4 Å². The molecule has 0 spiro atoms. The first-order chi connectivity index (χ1) is 7.11. The summed E-state index contributed by atoms with van der Waals surface area (Å²) in [4.78, 5) is 20.0. The first kappa shape index (κ1) is 9.82. The average Bonchev–Trinajstić information content (AvgIpc) is 2.56. The Bertz CT molecular complexity index is 563. The Labute approximate surface area is 89.2 Å². The van der Waals surface area contributed by atoms with E-state index in [9.17, 15) is 20.2 Å². The van der Waals surface area contributed by atoms with Crippen molar-refractivity contribution in [3.63, 3.8) is 0 Å². The van der Waals surface area contributed by atoms with Crippen molar-refractivity contribution >= 4 is 34.4 Å². The Hall–Kier alpha value is -1.72. The van der Waals surface area contributed by atoms with Crippen LogP contribution in [0.3, 0.4) is 0 Å². The molecule has 0 fully saturated rings. The predicted molar refractivity (Wildman–Crippen MR) is 54.2 cm³/mol. The monoisotopic (exact) mass is 272 g/mol. The molecular formula is C8H4N2O4Se. The van der Waals surface area contributed by atoms with Gasteiger partial charge in [0.2, 0.25) is 0 Å². The minimum atomic E-state index is -0.675. The van der Waals surface area contributed by atoms with Crippen molar-refractivity contribution in [2.24, 2.45) is 0 Å². The van der Waals surface area contributed by atoms with Gasteiger partial charge in [-0.15, -0.1) is 0 Å². The van der Waals surface area contributed by atoms with E-state index in [1.54, 1.807) is 24.3 Å². The molecule has 0 aliphatic carbocycles. The number of benzene rings is 1. The van der Waals surface area contributed by atoms with E-state index in [1.807, 2.05) is 0 Å². The molecule has 0 saturated carbocycles. The maximum absolute atomic E-state index is 10.7. The summed E-state index contributed by atoms with van der Waals surface area (Å²) in [5.74, 6) is 0. The number of rotatable bonds is 2. The summed E-state index contributed by atoms with van der Waals surface area (Å²) in [7, 11) is 0. The molecule has 7 heteroatoms. The first-order valence-corrected chi connectivity index (χ1v) is 5.63. The molecule has 1 aromatic heterocycles. The fourth-order valence-corrected chi connectivity index (χ4v) is 3.39. The van der Waals surface area contributed by atoms with Crippen LogP contribution in [0.5, 0.6) is 0 Å². The van der Waals surface area contributed by atoms with E-state index in [2.05, 4.69) is 0 Å². The molecule has 1 aromatic carbocycles. The van der Waals surface area contributed by atoms with Gasteiger partial charge in [-0.3, -0.25) is 0 Å². The van der Waals surface area contributed by atoms with Crippen molar-refractivity contribution < 1.29 is 9.85 Å². The SMILES string of the molecule is O=[N+]([O-])c1[se]c2ccccc2c1[N+](=O)[O-]. The van der Waals surface area contributed by atoms with Crippen LogP contribution in [0.1, 0.15) is 0 Å². The molecule has 0 amide bonds. The third kappa shape index (κ3) is 1.51. The second-order valence-corrected chi connectivity index (χ2v) is 4.93. The normalized spacial score (nSPS) is 10.4. The zero-order chi connectivity index (χ0) is 11.0. The fraction of sp³-hybridized carbons (Fsp3) is 0. The van der Waals surface area contributed by atoms with Gasteiger partial charge in [-0.2, -0.15) is 0 Å². The van der Waals surface area contributed by atoms with Crippen LogP contribution in [-0.4, -0.2) is 24.4 Å². The molecule has 15 heavy (non-hydrogen) atoms. The van der Waals surface area contributed by atoms with Crippen LogP contribution in [-0.2, 0) is 0 Å². The van der Waals surface area contributed by atoms with Crippen LogP contribution in [0.4, 0.5) is 10.2 Å². The quantitative estimate of drug-likeness (QED) is 0.472. The Kier molecular flexibility index (Phi) is 2.26. The Morgan fingerprint density at radius 2 is 1.73 bits per heavy atom. The summed E-state index contributed by atoms with van der Waals surface area (Å²) in [6.07, 6.45) is 0. The second-order valence-electron chi connectivity index (χ2n) is 2.77. The van der Waals surface area contributed by atoms with Crippen LogP contribution in [0, 0.1) is 20.2 Å². The van der Waals surface area contributed by atoms with Gasteiger partial charge >= 0.3 is 88.7 Å². The van der Waals surface area contributed by atoms with Gasteiger partial charge in [-0.05, 0) is 0 Å². The van der Waals surface area contributed by atoms with Gasteiger partial charge in [0.25, 0.3) is 0 Å². The average molecular weight is 271 g/mol. The van der Waals surface area contributed by atoms with E-state index >= 15 is 0 Å². The predicted octanol–water partition coefficient (Wildman–Crippen LogP) is 1.71. The van der Waals surface area contributed by atoms with Crippen LogP contribution in [0.2, 0.25) is 0 Å². The van der Waals surface area contributed by atoms with Crippen molar-refractivity contribution in [1.82, 2.24) is 0 Å². The molecule has 0 saturated heterocycles. The van der Waals surface area contributed by atoms with Crippen molar-refractivity contribution in [2.45, 2.75) is 0 Å². The first-order valence-electron chi connectivity index (χ1n) is 3.91. The summed E-state index contributed by atoms with van der Waals surface area (Å²) in [5.41, 5.74) is -0.351. The van der Waals surface area contributed by atoms with E-state index in [-0.39, 0.29) is 10.2 Å². The Morgan fingerprint density at radius 1 is 1.07 bits per heavy atom. The molecule has 0 aliphatic heterocycles. The molecular weight excluding hydrogens is 267 g/mol. The summed E-state index contributed by atoms with van der Waals surface area (Å²) in [6.45, 7) is 0. The van der Waals surface area contributed by atoms with Crippen LogP contribution in [0.15, 0.2) is 24.3 Å². The molecule has 0 radical (unpaired) electrons. The number of fused-ring (bicyclic) bond motifs is 1. The van der Waals surface area contributed by atoms with E-state index in [1.165, 1.54) is 0 Å². The van der Waals surface area contributed by atoms with Gasteiger partial charge in [0.15, 0.2) is 0 Å². The second kappa shape index (κ2) is 3.45. The topological polar surface area (TPSA) is 86.3 Å². The summed E-state index contributed by atoms with van der Waals surface area (Å²) in [6, 6.07) is 6.60. The molecule has 2 aromatic rings. The molecule has 0 aliphatic rings. The van der Waals surface area contributed by atoms with Gasteiger partial charge < -0.3 is 0 Å².